The van der Waals surface area contributed by atoms with Crippen LogP contribution in [0.2, 0.25) is 0 Å². The number of piperidine rings is 1. The highest BCUT2D eigenvalue weighted by Crippen LogP contribution is 2.20. The summed E-state index contributed by atoms with van der Waals surface area (Å²) in [5, 5.41) is 2.73. The number of hydrogen-bond acceptors (Lipinski definition) is 2. The molecule has 0 aliphatic carbocycles. The third kappa shape index (κ3) is 4.02. The molecule has 3 unspecified atom stereocenters. The summed E-state index contributed by atoms with van der Waals surface area (Å²) >= 11 is 0. The highest BCUT2D eigenvalue weighted by Gasteiger charge is 2.29. The van der Waals surface area contributed by atoms with E-state index in [0.29, 0.717) is 24.9 Å². The van der Waals surface area contributed by atoms with E-state index in [2.05, 4.69) is 19.2 Å². The van der Waals surface area contributed by atoms with Gasteiger partial charge in [-0.05, 0) is 31.6 Å². The summed E-state index contributed by atoms with van der Waals surface area (Å²) in [6.45, 7) is 9.56. The first-order chi connectivity index (χ1) is 7.93. The Morgan fingerprint density at radius 2 is 1.82 bits per heavy atom. The van der Waals surface area contributed by atoms with Crippen LogP contribution in [0.3, 0.4) is 0 Å². The number of nitrogens with one attached hydrogen (secondary N) is 1. The minimum Gasteiger partial charge on any atom is -0.345 e. The van der Waals surface area contributed by atoms with Crippen LogP contribution in [0, 0.1) is 11.8 Å². The van der Waals surface area contributed by atoms with Gasteiger partial charge in [0.25, 0.3) is 0 Å². The third-order valence-electron chi connectivity index (χ3n) is 3.34. The second kappa shape index (κ2) is 6.03. The van der Waals surface area contributed by atoms with E-state index in [1.807, 2.05) is 13.8 Å². The zero-order valence-corrected chi connectivity index (χ0v) is 11.3. The van der Waals surface area contributed by atoms with Crippen molar-refractivity contribution in [1.29, 1.82) is 0 Å². The maximum atomic E-state index is 12.0. The fourth-order valence-electron chi connectivity index (χ4n) is 2.36. The van der Waals surface area contributed by atoms with Gasteiger partial charge in [0, 0.05) is 19.1 Å². The Morgan fingerprint density at radius 3 is 2.29 bits per heavy atom. The van der Waals surface area contributed by atoms with Gasteiger partial charge >= 0.3 is 11.8 Å². The van der Waals surface area contributed by atoms with Crippen LogP contribution < -0.4 is 5.32 Å². The van der Waals surface area contributed by atoms with Gasteiger partial charge in [-0.15, -0.1) is 0 Å². The van der Waals surface area contributed by atoms with E-state index in [1.165, 1.54) is 0 Å². The van der Waals surface area contributed by atoms with Crippen molar-refractivity contribution < 1.29 is 9.59 Å². The van der Waals surface area contributed by atoms with E-state index in [4.69, 9.17) is 0 Å². The van der Waals surface area contributed by atoms with E-state index < -0.39 is 5.91 Å². The number of likely N-dealkylation sites (tertiary alicyclic amines) is 1. The first-order valence-corrected chi connectivity index (χ1v) is 6.53. The van der Waals surface area contributed by atoms with Crippen LogP contribution >= 0.6 is 0 Å². The third-order valence-corrected chi connectivity index (χ3v) is 3.34. The average Bonchev–Trinajstić information content (AvgIpc) is 2.26. The summed E-state index contributed by atoms with van der Waals surface area (Å²) in [6.07, 6.45) is 1.97. The van der Waals surface area contributed by atoms with Crippen LogP contribution in [0.1, 0.15) is 40.5 Å². The van der Waals surface area contributed by atoms with Gasteiger partial charge in [0.05, 0.1) is 0 Å². The van der Waals surface area contributed by atoms with Gasteiger partial charge in [0.1, 0.15) is 0 Å². The Balaban J connectivity index is 2.54. The first kappa shape index (κ1) is 14.0. The maximum Gasteiger partial charge on any atom is 0.311 e. The van der Waals surface area contributed by atoms with Crippen molar-refractivity contribution in [3.63, 3.8) is 0 Å². The molecular weight excluding hydrogens is 216 g/mol. The molecule has 0 spiro atoms. The van der Waals surface area contributed by atoms with Crippen molar-refractivity contribution >= 4 is 11.8 Å². The molecule has 4 heteroatoms. The lowest BCUT2D eigenvalue weighted by molar-refractivity contribution is -0.147. The normalized spacial score (nSPS) is 26.5. The minimum atomic E-state index is -0.458. The summed E-state index contributed by atoms with van der Waals surface area (Å²) < 4.78 is 0. The van der Waals surface area contributed by atoms with Gasteiger partial charge in [0.2, 0.25) is 0 Å². The minimum absolute atomic E-state index is 0.0612. The number of rotatable bonds is 2. The largest absolute Gasteiger partial charge is 0.345 e. The summed E-state index contributed by atoms with van der Waals surface area (Å²) in [7, 11) is 0. The van der Waals surface area contributed by atoms with Crippen molar-refractivity contribution in [3.05, 3.63) is 0 Å². The molecule has 0 saturated carbocycles. The second-order valence-electron chi connectivity index (χ2n) is 5.44. The van der Waals surface area contributed by atoms with Crippen molar-refractivity contribution in [2.75, 3.05) is 13.1 Å². The zero-order valence-electron chi connectivity index (χ0n) is 11.3. The summed E-state index contributed by atoms with van der Waals surface area (Å²) in [4.78, 5) is 25.4. The second-order valence-corrected chi connectivity index (χ2v) is 5.44. The van der Waals surface area contributed by atoms with Crippen molar-refractivity contribution in [3.8, 4) is 0 Å². The first-order valence-electron chi connectivity index (χ1n) is 6.53. The van der Waals surface area contributed by atoms with E-state index >= 15 is 0 Å². The molecule has 1 rings (SSSR count). The van der Waals surface area contributed by atoms with E-state index in [0.717, 1.165) is 12.8 Å². The Labute approximate surface area is 104 Å². The van der Waals surface area contributed by atoms with Crippen molar-refractivity contribution in [1.82, 2.24) is 10.2 Å². The molecule has 1 heterocycles. The van der Waals surface area contributed by atoms with Crippen LogP contribution in [-0.4, -0.2) is 35.8 Å². The monoisotopic (exact) mass is 240 g/mol. The molecule has 98 valence electrons. The number of carbonyl (C=O) groups is 2. The standard InChI is InChI=1S/C13H24N2O2/c1-5-11(4)14-12(16)13(17)15-7-9(2)6-10(3)8-15/h9-11H,5-8H2,1-4H3,(H,14,16). The number of nitrogens with zero attached hydrogens (tertiary/aromatic N) is 1. The molecule has 0 bridgehead atoms. The maximum absolute atomic E-state index is 12.0. The van der Waals surface area contributed by atoms with Gasteiger partial charge in [-0.25, -0.2) is 0 Å². The summed E-state index contributed by atoms with van der Waals surface area (Å²) in [5.41, 5.74) is 0. The van der Waals surface area contributed by atoms with Crippen LogP contribution in [0.5, 0.6) is 0 Å². The smallest absolute Gasteiger partial charge is 0.311 e. The molecule has 0 aromatic carbocycles. The molecule has 1 aliphatic heterocycles. The molecule has 17 heavy (non-hydrogen) atoms. The lowest BCUT2D eigenvalue weighted by Gasteiger charge is -2.34. The Hall–Kier alpha value is -1.06. The fraction of sp³-hybridized carbons (Fsp3) is 0.846. The Kier molecular flexibility index (Phi) is 4.97. The quantitative estimate of drug-likeness (QED) is 0.742. The fourth-order valence-corrected chi connectivity index (χ4v) is 2.36. The number of carbonyl (C=O) groups excluding carboxylic acids is 2. The Bertz CT molecular complexity index is 281. The van der Waals surface area contributed by atoms with E-state index in [-0.39, 0.29) is 11.9 Å². The van der Waals surface area contributed by atoms with Gasteiger partial charge in [0.15, 0.2) is 0 Å². The van der Waals surface area contributed by atoms with Crippen molar-refractivity contribution in [2.45, 2.75) is 46.6 Å². The molecule has 1 aliphatic rings. The molecular formula is C13H24N2O2. The average molecular weight is 240 g/mol. The lowest BCUT2D eigenvalue weighted by atomic mass is 9.92. The Morgan fingerprint density at radius 1 is 1.29 bits per heavy atom. The van der Waals surface area contributed by atoms with Crippen LogP contribution in [-0.2, 0) is 9.59 Å². The van der Waals surface area contributed by atoms with Gasteiger partial charge in [-0.2, -0.15) is 0 Å². The molecule has 0 aromatic rings. The highest BCUT2D eigenvalue weighted by atomic mass is 16.2. The molecule has 0 aromatic heterocycles. The zero-order chi connectivity index (χ0) is 13.0. The topological polar surface area (TPSA) is 49.4 Å². The summed E-state index contributed by atoms with van der Waals surface area (Å²) in [6, 6.07) is 0.0612. The number of hydrogen-bond donors (Lipinski definition) is 1. The van der Waals surface area contributed by atoms with E-state index in [9.17, 15) is 9.59 Å². The van der Waals surface area contributed by atoms with Gasteiger partial charge < -0.3 is 10.2 Å². The molecule has 1 fully saturated rings. The SMILES string of the molecule is CCC(C)NC(=O)C(=O)N1CC(C)CC(C)C1. The molecule has 4 nitrogen and oxygen atoms in total. The molecule has 3 atom stereocenters. The van der Waals surface area contributed by atoms with Crippen molar-refractivity contribution in [2.24, 2.45) is 11.8 Å². The summed E-state index contributed by atoms with van der Waals surface area (Å²) in [5.74, 6) is 0.141. The van der Waals surface area contributed by atoms with Crippen LogP contribution in [0.4, 0.5) is 0 Å². The molecule has 1 N–H and O–H groups in total. The molecule has 2 amide bonds. The lowest BCUT2D eigenvalue weighted by Crippen LogP contribution is -2.50. The van der Waals surface area contributed by atoms with Crippen LogP contribution in [0.25, 0.3) is 0 Å². The van der Waals surface area contributed by atoms with Crippen LogP contribution in [0.15, 0.2) is 0 Å². The molecule has 0 radical (unpaired) electrons. The number of amides is 2. The highest BCUT2D eigenvalue weighted by molar-refractivity contribution is 6.35. The van der Waals surface area contributed by atoms with Gasteiger partial charge in [-0.3, -0.25) is 9.59 Å². The van der Waals surface area contributed by atoms with E-state index in [1.54, 1.807) is 4.90 Å². The van der Waals surface area contributed by atoms with Gasteiger partial charge in [-0.1, -0.05) is 20.8 Å². The predicted molar refractivity (Wildman–Crippen MR) is 67.4 cm³/mol. The molecule has 1 saturated heterocycles. The predicted octanol–water partition coefficient (Wildman–Crippen LogP) is 1.41.